The minimum atomic E-state index is -1.000. The van der Waals surface area contributed by atoms with Crippen LogP contribution in [0.3, 0.4) is 0 Å². The van der Waals surface area contributed by atoms with Gasteiger partial charge < -0.3 is 14.6 Å². The summed E-state index contributed by atoms with van der Waals surface area (Å²) in [5.41, 5.74) is 0. The zero-order valence-corrected chi connectivity index (χ0v) is 12.3. The van der Waals surface area contributed by atoms with Gasteiger partial charge in [-0.1, -0.05) is 15.9 Å². The highest BCUT2D eigenvalue weighted by Gasteiger charge is 2.12. The van der Waals surface area contributed by atoms with E-state index in [0.29, 0.717) is 11.5 Å². The molecule has 1 atom stereocenters. The Balaban J connectivity index is 2.01. The largest absolute Gasteiger partial charge is 0.479 e. The summed E-state index contributed by atoms with van der Waals surface area (Å²) in [4.78, 5) is 10.7. The molecule has 0 saturated heterocycles. The van der Waals surface area contributed by atoms with Gasteiger partial charge in [0.25, 0.3) is 0 Å². The van der Waals surface area contributed by atoms with Gasteiger partial charge in [0.1, 0.15) is 17.2 Å². The summed E-state index contributed by atoms with van der Waals surface area (Å²) in [5.74, 6) is 0.867. The molecule has 0 bridgehead atoms. The monoisotopic (exact) mass is 336 g/mol. The fourth-order valence-corrected chi connectivity index (χ4v) is 1.74. The van der Waals surface area contributed by atoms with Gasteiger partial charge >= 0.3 is 5.97 Å². The smallest absolute Gasteiger partial charge is 0.344 e. The number of hydrogen-bond acceptors (Lipinski definition) is 3. The molecular weight excluding hydrogens is 324 g/mol. The van der Waals surface area contributed by atoms with Crippen molar-refractivity contribution in [3.8, 4) is 17.2 Å². The lowest BCUT2D eigenvalue weighted by Crippen LogP contribution is -2.22. The molecule has 20 heavy (non-hydrogen) atoms. The topological polar surface area (TPSA) is 55.8 Å². The van der Waals surface area contributed by atoms with Crippen LogP contribution in [0.2, 0.25) is 0 Å². The van der Waals surface area contributed by atoms with Crippen LogP contribution < -0.4 is 9.47 Å². The minimum absolute atomic E-state index is 0.489. The summed E-state index contributed by atoms with van der Waals surface area (Å²) >= 11 is 3.35. The minimum Gasteiger partial charge on any atom is -0.479 e. The summed E-state index contributed by atoms with van der Waals surface area (Å²) in [5, 5.41) is 8.76. The van der Waals surface area contributed by atoms with Crippen LogP contribution in [0.1, 0.15) is 6.92 Å². The van der Waals surface area contributed by atoms with Gasteiger partial charge in [0, 0.05) is 4.47 Å². The maximum absolute atomic E-state index is 10.7. The van der Waals surface area contributed by atoms with E-state index in [1.165, 1.54) is 6.92 Å². The third-order valence-corrected chi connectivity index (χ3v) is 3.06. The molecule has 0 aliphatic carbocycles. The van der Waals surface area contributed by atoms with Crippen LogP contribution in [0.25, 0.3) is 0 Å². The van der Waals surface area contributed by atoms with Gasteiger partial charge in [-0.25, -0.2) is 4.79 Å². The molecule has 0 aromatic heterocycles. The number of ether oxygens (including phenoxy) is 2. The highest BCUT2D eigenvalue weighted by atomic mass is 79.9. The van der Waals surface area contributed by atoms with E-state index in [1.807, 2.05) is 24.3 Å². The molecule has 104 valence electrons. The van der Waals surface area contributed by atoms with Gasteiger partial charge in [0.2, 0.25) is 0 Å². The number of carboxylic acids is 1. The quantitative estimate of drug-likeness (QED) is 0.893. The number of carbonyl (C=O) groups is 1. The van der Waals surface area contributed by atoms with Crippen molar-refractivity contribution >= 4 is 21.9 Å². The number of aliphatic carboxylic acids is 1. The van der Waals surface area contributed by atoms with Gasteiger partial charge in [0.15, 0.2) is 6.10 Å². The predicted molar refractivity (Wildman–Crippen MR) is 78.4 cm³/mol. The molecule has 2 rings (SSSR count). The normalized spacial score (nSPS) is 11.7. The summed E-state index contributed by atoms with van der Waals surface area (Å²) in [6.07, 6.45) is -0.881. The van der Waals surface area contributed by atoms with Crippen molar-refractivity contribution in [2.24, 2.45) is 0 Å². The van der Waals surface area contributed by atoms with Crippen LogP contribution in [-0.2, 0) is 4.79 Å². The molecule has 0 unspecified atom stereocenters. The number of halogens is 1. The molecule has 1 N–H and O–H groups in total. The van der Waals surface area contributed by atoms with Crippen LogP contribution in [-0.4, -0.2) is 17.2 Å². The van der Waals surface area contributed by atoms with Crippen molar-refractivity contribution < 1.29 is 19.4 Å². The highest BCUT2D eigenvalue weighted by molar-refractivity contribution is 9.10. The highest BCUT2D eigenvalue weighted by Crippen LogP contribution is 2.25. The van der Waals surface area contributed by atoms with E-state index >= 15 is 0 Å². The van der Waals surface area contributed by atoms with Crippen molar-refractivity contribution in [1.29, 1.82) is 0 Å². The summed E-state index contributed by atoms with van der Waals surface area (Å²) < 4.78 is 11.9. The Hall–Kier alpha value is -2.01. The van der Waals surface area contributed by atoms with Crippen molar-refractivity contribution in [2.45, 2.75) is 13.0 Å². The van der Waals surface area contributed by atoms with Crippen molar-refractivity contribution in [2.75, 3.05) is 0 Å². The Kier molecular flexibility index (Phi) is 4.63. The standard InChI is InChI=1S/C15H13BrO4/c1-10(15(17)18)19-12-6-8-14(9-7-12)20-13-4-2-11(16)3-5-13/h2-10H,1H3,(H,17,18)/t10-/m1/s1. The Morgan fingerprint density at radius 3 is 1.95 bits per heavy atom. The number of benzene rings is 2. The molecule has 0 spiro atoms. The van der Waals surface area contributed by atoms with Crippen LogP contribution >= 0.6 is 15.9 Å². The van der Waals surface area contributed by atoms with Crippen molar-refractivity contribution in [3.05, 3.63) is 53.0 Å². The first-order valence-electron chi connectivity index (χ1n) is 5.97. The number of hydrogen-bond donors (Lipinski definition) is 1. The van der Waals surface area contributed by atoms with E-state index < -0.39 is 12.1 Å². The molecule has 5 heteroatoms. The van der Waals surface area contributed by atoms with Crippen molar-refractivity contribution in [3.63, 3.8) is 0 Å². The second kappa shape index (κ2) is 6.43. The maximum Gasteiger partial charge on any atom is 0.344 e. The number of carboxylic acid groups (broad SMARTS) is 1. The van der Waals surface area contributed by atoms with Gasteiger partial charge in [-0.15, -0.1) is 0 Å². The van der Waals surface area contributed by atoms with E-state index in [0.717, 1.165) is 10.2 Å². The lowest BCUT2D eigenvalue weighted by atomic mass is 10.3. The average Bonchev–Trinajstić information content (AvgIpc) is 2.43. The Morgan fingerprint density at radius 2 is 1.45 bits per heavy atom. The van der Waals surface area contributed by atoms with Crippen LogP contribution in [0, 0.1) is 0 Å². The fourth-order valence-electron chi connectivity index (χ4n) is 1.48. The van der Waals surface area contributed by atoms with Crippen LogP contribution in [0.5, 0.6) is 17.2 Å². The Labute approximate surface area is 125 Å². The molecule has 0 saturated carbocycles. The van der Waals surface area contributed by atoms with E-state index in [9.17, 15) is 4.79 Å². The second-order valence-corrected chi connectivity index (χ2v) is 5.04. The molecule has 0 fully saturated rings. The summed E-state index contributed by atoms with van der Waals surface area (Å²) in [6.45, 7) is 1.48. The molecule has 2 aromatic carbocycles. The van der Waals surface area contributed by atoms with Crippen molar-refractivity contribution in [1.82, 2.24) is 0 Å². The molecule has 2 aromatic rings. The first kappa shape index (κ1) is 14.4. The van der Waals surface area contributed by atoms with Gasteiger partial charge in [-0.2, -0.15) is 0 Å². The van der Waals surface area contributed by atoms with Gasteiger partial charge in [-0.3, -0.25) is 0 Å². The molecule has 0 aliphatic rings. The zero-order chi connectivity index (χ0) is 14.5. The Bertz CT molecular complexity index is 578. The fraction of sp³-hybridized carbons (Fsp3) is 0.133. The molecular formula is C15H13BrO4. The van der Waals surface area contributed by atoms with E-state index in [1.54, 1.807) is 24.3 Å². The Morgan fingerprint density at radius 1 is 1.00 bits per heavy atom. The summed E-state index contributed by atoms with van der Waals surface area (Å²) in [7, 11) is 0. The SMILES string of the molecule is C[C@@H](Oc1ccc(Oc2ccc(Br)cc2)cc1)C(=O)O. The van der Waals surface area contributed by atoms with Gasteiger partial charge in [0.05, 0.1) is 0 Å². The summed E-state index contributed by atoms with van der Waals surface area (Å²) in [6, 6.07) is 14.3. The second-order valence-electron chi connectivity index (χ2n) is 4.13. The lowest BCUT2D eigenvalue weighted by molar-refractivity contribution is -0.144. The van der Waals surface area contributed by atoms with Crippen LogP contribution in [0.4, 0.5) is 0 Å². The van der Waals surface area contributed by atoms with E-state index in [4.69, 9.17) is 14.6 Å². The molecule has 0 amide bonds. The molecule has 0 aliphatic heterocycles. The number of rotatable bonds is 5. The average molecular weight is 337 g/mol. The third-order valence-electron chi connectivity index (χ3n) is 2.53. The lowest BCUT2D eigenvalue weighted by Gasteiger charge is -2.11. The van der Waals surface area contributed by atoms with Crippen LogP contribution in [0.15, 0.2) is 53.0 Å². The molecule has 0 heterocycles. The molecule has 4 nitrogen and oxygen atoms in total. The van der Waals surface area contributed by atoms with Gasteiger partial charge in [-0.05, 0) is 55.5 Å². The van der Waals surface area contributed by atoms with E-state index in [-0.39, 0.29) is 0 Å². The maximum atomic E-state index is 10.7. The zero-order valence-electron chi connectivity index (χ0n) is 10.7. The predicted octanol–water partition coefficient (Wildman–Crippen LogP) is 4.09. The first-order valence-corrected chi connectivity index (χ1v) is 6.77. The van der Waals surface area contributed by atoms with E-state index in [2.05, 4.69) is 15.9 Å². The first-order chi connectivity index (χ1) is 9.54. The molecule has 0 radical (unpaired) electrons. The third kappa shape index (κ3) is 3.99.